The molecule has 1 aliphatic rings. The van der Waals surface area contributed by atoms with E-state index in [4.69, 9.17) is 5.73 Å². The highest BCUT2D eigenvalue weighted by molar-refractivity contribution is 5.96. The third-order valence-electron chi connectivity index (χ3n) is 4.00. The maximum absolute atomic E-state index is 11.0. The maximum Gasteiger partial charge on any atom is 0.317 e. The molecule has 0 atom stereocenters. The van der Waals surface area contributed by atoms with Gasteiger partial charge in [-0.3, -0.25) is 5.32 Å². The second-order valence-electron chi connectivity index (χ2n) is 5.57. The Kier molecular flexibility index (Phi) is 6.12. The molecular formula is C14H22ClN7O. The number of halogens is 1. The first-order valence-electron chi connectivity index (χ1n) is 7.69. The highest BCUT2D eigenvalue weighted by Gasteiger charge is 2.13. The minimum Gasteiger partial charge on any atom is -0.351 e. The molecule has 23 heavy (non-hydrogen) atoms. The second-order valence-corrected chi connectivity index (χ2v) is 5.57. The van der Waals surface area contributed by atoms with Crippen molar-refractivity contribution in [1.82, 2.24) is 24.6 Å². The van der Waals surface area contributed by atoms with Gasteiger partial charge >= 0.3 is 6.03 Å². The number of amides is 2. The number of urea groups is 1. The van der Waals surface area contributed by atoms with Crippen molar-refractivity contribution in [2.45, 2.75) is 32.2 Å². The second kappa shape index (κ2) is 8.07. The Bertz CT molecular complexity index is 652. The van der Waals surface area contributed by atoms with Gasteiger partial charge in [0.1, 0.15) is 12.1 Å². The fourth-order valence-electron chi connectivity index (χ4n) is 2.87. The van der Waals surface area contributed by atoms with E-state index in [9.17, 15) is 4.79 Å². The van der Waals surface area contributed by atoms with Crippen LogP contribution in [0.3, 0.4) is 0 Å². The molecule has 0 saturated carbocycles. The Labute approximate surface area is 140 Å². The van der Waals surface area contributed by atoms with Crippen LogP contribution in [-0.2, 0) is 6.54 Å². The van der Waals surface area contributed by atoms with E-state index in [2.05, 4.69) is 25.3 Å². The molecule has 0 aliphatic carbocycles. The lowest BCUT2D eigenvalue weighted by atomic mass is 10.2. The Morgan fingerprint density at radius 2 is 1.91 bits per heavy atom. The number of anilines is 1. The van der Waals surface area contributed by atoms with E-state index in [-0.39, 0.29) is 12.4 Å². The summed E-state index contributed by atoms with van der Waals surface area (Å²) < 4.78 is 1.86. The topological polar surface area (TPSA) is 102 Å². The number of hydrogen-bond acceptors (Lipinski definition) is 5. The molecule has 0 aromatic carbocycles. The van der Waals surface area contributed by atoms with Crippen LogP contribution < -0.4 is 11.1 Å². The van der Waals surface area contributed by atoms with E-state index in [1.165, 1.54) is 32.0 Å². The van der Waals surface area contributed by atoms with Gasteiger partial charge in [0, 0.05) is 6.54 Å². The Hall–Kier alpha value is -1.93. The van der Waals surface area contributed by atoms with Crippen LogP contribution in [0.4, 0.5) is 10.6 Å². The van der Waals surface area contributed by atoms with Crippen LogP contribution in [-0.4, -0.2) is 50.3 Å². The molecule has 0 bridgehead atoms. The van der Waals surface area contributed by atoms with Crippen molar-refractivity contribution in [2.24, 2.45) is 5.73 Å². The fourth-order valence-corrected chi connectivity index (χ4v) is 2.87. The largest absolute Gasteiger partial charge is 0.351 e. The highest BCUT2D eigenvalue weighted by atomic mass is 35.5. The minimum absolute atomic E-state index is 0. The molecule has 1 aliphatic heterocycles. The smallest absolute Gasteiger partial charge is 0.317 e. The first-order valence-corrected chi connectivity index (χ1v) is 7.69. The zero-order valence-corrected chi connectivity index (χ0v) is 13.8. The molecule has 2 amide bonds. The summed E-state index contributed by atoms with van der Waals surface area (Å²) >= 11 is 0. The third kappa shape index (κ3) is 4.29. The summed E-state index contributed by atoms with van der Waals surface area (Å²) in [7, 11) is 0. The lowest BCUT2D eigenvalue weighted by Crippen LogP contribution is -2.28. The summed E-state index contributed by atoms with van der Waals surface area (Å²) in [6.45, 7) is 4.04. The van der Waals surface area contributed by atoms with Gasteiger partial charge in [-0.15, -0.1) is 12.4 Å². The summed E-state index contributed by atoms with van der Waals surface area (Å²) in [6, 6.07) is -0.641. The van der Waals surface area contributed by atoms with Gasteiger partial charge in [-0.1, -0.05) is 12.8 Å². The molecule has 0 radical (unpaired) electrons. The normalized spacial score (nSPS) is 15.8. The van der Waals surface area contributed by atoms with E-state index >= 15 is 0 Å². The van der Waals surface area contributed by atoms with Crippen molar-refractivity contribution < 1.29 is 4.79 Å². The van der Waals surface area contributed by atoms with Crippen molar-refractivity contribution in [3.05, 3.63) is 12.5 Å². The lowest BCUT2D eigenvalue weighted by molar-refractivity contribution is 0.259. The molecule has 0 spiro atoms. The molecule has 9 heteroatoms. The van der Waals surface area contributed by atoms with Gasteiger partial charge < -0.3 is 10.6 Å². The molecule has 126 valence electrons. The number of nitrogens with one attached hydrogen (secondary N) is 1. The average Bonchev–Trinajstić information content (AvgIpc) is 2.74. The number of rotatable bonds is 4. The summed E-state index contributed by atoms with van der Waals surface area (Å²) in [5.74, 6) is 0.401. The number of hydrogen-bond donors (Lipinski definition) is 2. The lowest BCUT2D eigenvalue weighted by Gasteiger charge is -2.19. The molecule has 3 N–H and O–H groups in total. The zero-order valence-electron chi connectivity index (χ0n) is 12.9. The van der Waals surface area contributed by atoms with Gasteiger partial charge in [-0.05, 0) is 25.9 Å². The molecular weight excluding hydrogens is 318 g/mol. The van der Waals surface area contributed by atoms with Crippen LogP contribution in [0.25, 0.3) is 11.0 Å². The summed E-state index contributed by atoms with van der Waals surface area (Å²) in [5, 5.41) is 7.57. The van der Waals surface area contributed by atoms with Crippen molar-refractivity contribution in [3.8, 4) is 0 Å². The maximum atomic E-state index is 11.0. The number of nitrogens with zero attached hydrogens (tertiary/aromatic N) is 5. The van der Waals surface area contributed by atoms with Crippen molar-refractivity contribution in [2.75, 3.05) is 25.0 Å². The number of nitrogens with two attached hydrogens (primary N) is 1. The van der Waals surface area contributed by atoms with Crippen LogP contribution >= 0.6 is 12.4 Å². The molecule has 0 unspecified atom stereocenters. The Morgan fingerprint density at radius 1 is 1.17 bits per heavy atom. The number of carbonyl (C=O) groups is 1. The monoisotopic (exact) mass is 339 g/mol. The highest BCUT2D eigenvalue weighted by Crippen LogP contribution is 2.18. The predicted molar refractivity (Wildman–Crippen MR) is 90.7 cm³/mol. The number of primary amides is 1. The van der Waals surface area contributed by atoms with Crippen molar-refractivity contribution in [1.29, 1.82) is 0 Å². The quantitative estimate of drug-likeness (QED) is 0.881. The standard InChI is InChI=1S/C14H21N7O.ClH/c15-14(22)19-12-11-9-18-21(13(11)17-10-16-12)8-7-20-5-3-1-2-4-6-20;/h9-10H,1-8H2,(H3,15,16,17,19,22);1H. The van der Waals surface area contributed by atoms with Gasteiger partial charge in [0.05, 0.1) is 18.1 Å². The molecule has 3 heterocycles. The third-order valence-corrected chi connectivity index (χ3v) is 4.00. The molecule has 1 saturated heterocycles. The van der Waals surface area contributed by atoms with Crippen molar-refractivity contribution in [3.63, 3.8) is 0 Å². The van der Waals surface area contributed by atoms with Crippen molar-refractivity contribution >= 4 is 35.3 Å². The summed E-state index contributed by atoms with van der Waals surface area (Å²) in [4.78, 5) is 21.8. The summed E-state index contributed by atoms with van der Waals surface area (Å²) in [6.07, 6.45) is 8.29. The van der Waals surface area contributed by atoms with Gasteiger partial charge in [0.2, 0.25) is 0 Å². The van der Waals surface area contributed by atoms with E-state index in [1.54, 1.807) is 6.20 Å². The Morgan fingerprint density at radius 3 is 2.61 bits per heavy atom. The first-order chi connectivity index (χ1) is 10.7. The number of aromatic nitrogens is 4. The number of likely N-dealkylation sites (tertiary alicyclic amines) is 1. The Balaban J connectivity index is 0.00000192. The van der Waals surface area contributed by atoms with E-state index in [0.29, 0.717) is 16.9 Å². The van der Waals surface area contributed by atoms with Crippen LogP contribution in [0.5, 0.6) is 0 Å². The zero-order chi connectivity index (χ0) is 15.4. The minimum atomic E-state index is -0.641. The molecule has 8 nitrogen and oxygen atoms in total. The first kappa shape index (κ1) is 17.4. The molecule has 2 aromatic heterocycles. The van der Waals surface area contributed by atoms with Gasteiger partial charge in [-0.2, -0.15) is 5.10 Å². The van der Waals surface area contributed by atoms with Crippen LogP contribution in [0, 0.1) is 0 Å². The van der Waals surface area contributed by atoms with Gasteiger partial charge in [0.25, 0.3) is 0 Å². The fraction of sp³-hybridized carbons (Fsp3) is 0.571. The number of carbonyl (C=O) groups excluding carboxylic acids is 1. The van der Waals surface area contributed by atoms with Gasteiger partial charge in [-0.25, -0.2) is 19.4 Å². The number of fused-ring (bicyclic) bond motifs is 1. The van der Waals surface area contributed by atoms with E-state index in [0.717, 1.165) is 26.2 Å². The molecule has 3 rings (SSSR count). The van der Waals surface area contributed by atoms with Crippen LogP contribution in [0.1, 0.15) is 25.7 Å². The molecule has 2 aromatic rings. The van der Waals surface area contributed by atoms with Crippen LogP contribution in [0.2, 0.25) is 0 Å². The van der Waals surface area contributed by atoms with Crippen LogP contribution in [0.15, 0.2) is 12.5 Å². The average molecular weight is 340 g/mol. The van der Waals surface area contributed by atoms with Gasteiger partial charge in [0.15, 0.2) is 5.65 Å². The predicted octanol–water partition coefficient (Wildman–Crippen LogP) is 1.61. The van der Waals surface area contributed by atoms with E-state index in [1.807, 2.05) is 4.68 Å². The SMILES string of the molecule is Cl.NC(=O)Nc1ncnc2c1cnn2CCN1CCCCCC1. The van der Waals surface area contributed by atoms with E-state index < -0.39 is 6.03 Å². The summed E-state index contributed by atoms with van der Waals surface area (Å²) in [5.41, 5.74) is 5.87. The molecule has 1 fully saturated rings.